The van der Waals surface area contributed by atoms with E-state index in [-0.39, 0.29) is 34.0 Å². The van der Waals surface area contributed by atoms with Gasteiger partial charge >= 0.3 is 0 Å². The minimum atomic E-state index is 0. The molecule has 1 aliphatic rings. The zero-order valence-corrected chi connectivity index (χ0v) is 20.7. The molecule has 2 N–H and O–H groups in total. The van der Waals surface area contributed by atoms with E-state index >= 15 is 0 Å². The predicted molar refractivity (Wildman–Crippen MR) is 132 cm³/mol. The first-order valence-corrected chi connectivity index (χ1v) is 10.7. The van der Waals surface area contributed by atoms with Gasteiger partial charge in [-0.1, -0.05) is 43.2 Å². The van der Waals surface area contributed by atoms with Gasteiger partial charge in [-0.05, 0) is 43.4 Å². The third-order valence-corrected chi connectivity index (χ3v) is 5.82. The van der Waals surface area contributed by atoms with Crippen molar-refractivity contribution in [3.8, 4) is 6.07 Å². The van der Waals surface area contributed by atoms with Crippen molar-refractivity contribution in [3.63, 3.8) is 0 Å². The Hall–Kier alpha value is -1.30. The van der Waals surface area contributed by atoms with Gasteiger partial charge in [0, 0.05) is 23.7 Å². The second-order valence-corrected chi connectivity index (χ2v) is 8.02. The molecule has 1 heterocycles. The number of H-pyrrole nitrogens is 1. The second-order valence-electron chi connectivity index (χ2n) is 6.94. The van der Waals surface area contributed by atoms with E-state index in [1.54, 1.807) is 6.33 Å². The van der Waals surface area contributed by atoms with Crippen molar-refractivity contribution in [3.05, 3.63) is 53.6 Å². The summed E-state index contributed by atoms with van der Waals surface area (Å²) in [6, 6.07) is 10.4. The van der Waals surface area contributed by atoms with E-state index in [0.29, 0.717) is 18.2 Å². The number of hydrogen-bond acceptors (Lipinski definition) is 4. The SMILES string of the molecule is Br.Br.N#Cc1ccc(CN=C(NC2CCCCC2)SCCCc2cnc[nH]2)cc1. The molecular formula is C21H29Br2N5S. The van der Waals surface area contributed by atoms with Crippen molar-refractivity contribution < 1.29 is 0 Å². The van der Waals surface area contributed by atoms with Crippen LogP contribution in [0.15, 0.2) is 41.8 Å². The van der Waals surface area contributed by atoms with Gasteiger partial charge in [0.25, 0.3) is 0 Å². The standard InChI is InChI=1S/C21H27N5S.2BrH/c22-13-17-8-10-18(11-9-17)14-24-21(26-19-5-2-1-3-6-19)27-12-4-7-20-15-23-16-25-20;;/h8-11,15-16,19H,1-7,12,14H2,(H,23,25)(H,24,26);2*1H. The van der Waals surface area contributed by atoms with Crippen LogP contribution in [0.4, 0.5) is 0 Å². The molecule has 0 unspecified atom stereocenters. The maximum atomic E-state index is 8.92. The van der Waals surface area contributed by atoms with Crippen LogP contribution >= 0.6 is 45.7 Å². The molecule has 0 bridgehead atoms. The molecule has 5 nitrogen and oxygen atoms in total. The molecule has 0 radical (unpaired) electrons. The fourth-order valence-electron chi connectivity index (χ4n) is 3.26. The molecule has 2 aromatic rings. The summed E-state index contributed by atoms with van der Waals surface area (Å²) in [7, 11) is 0. The Morgan fingerprint density at radius 2 is 1.97 bits per heavy atom. The summed E-state index contributed by atoms with van der Waals surface area (Å²) in [6.45, 7) is 0.647. The quantitative estimate of drug-likeness (QED) is 0.272. The number of nitriles is 1. The lowest BCUT2D eigenvalue weighted by molar-refractivity contribution is 0.415. The molecule has 0 aliphatic heterocycles. The molecule has 0 spiro atoms. The van der Waals surface area contributed by atoms with E-state index in [9.17, 15) is 0 Å². The Bertz CT molecular complexity index is 750. The Kier molecular flexibility index (Phi) is 13.0. The van der Waals surface area contributed by atoms with Crippen molar-refractivity contribution in [2.24, 2.45) is 4.99 Å². The normalized spacial score (nSPS) is 14.4. The Balaban J connectivity index is 0.00000210. The largest absolute Gasteiger partial charge is 0.362 e. The monoisotopic (exact) mass is 541 g/mol. The van der Waals surface area contributed by atoms with Crippen LogP contribution in [-0.2, 0) is 13.0 Å². The van der Waals surface area contributed by atoms with Crippen molar-refractivity contribution >= 4 is 50.9 Å². The molecule has 29 heavy (non-hydrogen) atoms. The number of hydrogen-bond donors (Lipinski definition) is 2. The van der Waals surface area contributed by atoms with Crippen molar-refractivity contribution in [2.75, 3.05) is 5.75 Å². The molecule has 158 valence electrons. The number of amidine groups is 1. The van der Waals surface area contributed by atoms with Crippen molar-refractivity contribution in [1.82, 2.24) is 15.3 Å². The van der Waals surface area contributed by atoms with Gasteiger partial charge in [-0.15, -0.1) is 34.0 Å². The average molecular weight is 543 g/mol. The molecule has 1 fully saturated rings. The number of aromatic nitrogens is 2. The third kappa shape index (κ3) is 9.37. The van der Waals surface area contributed by atoms with Crippen LogP contribution in [0.1, 0.15) is 55.3 Å². The first kappa shape index (κ1) is 25.7. The maximum Gasteiger partial charge on any atom is 0.157 e. The van der Waals surface area contributed by atoms with Gasteiger partial charge in [0.1, 0.15) is 0 Å². The van der Waals surface area contributed by atoms with Gasteiger partial charge in [0.2, 0.25) is 0 Å². The number of benzene rings is 1. The topological polar surface area (TPSA) is 76.9 Å². The van der Waals surface area contributed by atoms with Crippen LogP contribution in [0, 0.1) is 11.3 Å². The highest BCUT2D eigenvalue weighted by atomic mass is 79.9. The molecule has 0 atom stereocenters. The van der Waals surface area contributed by atoms with Crippen LogP contribution in [0.3, 0.4) is 0 Å². The summed E-state index contributed by atoms with van der Waals surface area (Å²) in [5.41, 5.74) is 3.01. The number of aliphatic imine (C=N–C) groups is 1. The number of nitrogens with zero attached hydrogens (tertiary/aromatic N) is 3. The number of rotatable bonds is 7. The molecule has 1 aromatic carbocycles. The molecule has 8 heteroatoms. The van der Waals surface area contributed by atoms with Gasteiger partial charge in [-0.25, -0.2) is 4.98 Å². The number of aromatic amines is 1. The van der Waals surface area contributed by atoms with Gasteiger partial charge in [0.05, 0.1) is 24.5 Å². The van der Waals surface area contributed by atoms with E-state index in [4.69, 9.17) is 10.3 Å². The molecule has 0 amide bonds. The first-order valence-electron chi connectivity index (χ1n) is 9.73. The van der Waals surface area contributed by atoms with E-state index in [0.717, 1.165) is 29.3 Å². The first-order chi connectivity index (χ1) is 13.3. The number of halogens is 2. The maximum absolute atomic E-state index is 8.92. The van der Waals surface area contributed by atoms with E-state index < -0.39 is 0 Å². The molecular weight excluding hydrogens is 514 g/mol. The average Bonchev–Trinajstić information content (AvgIpc) is 3.24. The summed E-state index contributed by atoms with van der Waals surface area (Å²) in [6.07, 6.45) is 12.2. The highest BCUT2D eigenvalue weighted by molar-refractivity contribution is 8.93. The van der Waals surface area contributed by atoms with Crippen molar-refractivity contribution in [2.45, 2.75) is 57.5 Å². The third-order valence-electron chi connectivity index (χ3n) is 4.81. The van der Waals surface area contributed by atoms with Crippen molar-refractivity contribution in [1.29, 1.82) is 5.26 Å². The zero-order valence-electron chi connectivity index (χ0n) is 16.5. The fourth-order valence-corrected chi connectivity index (χ4v) is 4.14. The molecule has 0 saturated heterocycles. The molecule has 1 aromatic heterocycles. The van der Waals surface area contributed by atoms with Crippen LogP contribution in [0.25, 0.3) is 0 Å². The fraction of sp³-hybridized carbons (Fsp3) is 0.476. The van der Waals surface area contributed by atoms with Gasteiger partial charge in [-0.3, -0.25) is 4.99 Å². The zero-order chi connectivity index (χ0) is 18.7. The van der Waals surface area contributed by atoms with Crippen LogP contribution < -0.4 is 5.32 Å². The molecule has 1 aliphatic carbocycles. The van der Waals surface area contributed by atoms with Gasteiger partial charge in [-0.2, -0.15) is 5.26 Å². The summed E-state index contributed by atoms with van der Waals surface area (Å²) >= 11 is 1.82. The number of imidazole rings is 1. The van der Waals surface area contributed by atoms with Gasteiger partial charge < -0.3 is 10.3 Å². The second kappa shape index (κ2) is 14.6. The van der Waals surface area contributed by atoms with Crippen LogP contribution in [0.5, 0.6) is 0 Å². The Labute approximate surface area is 198 Å². The highest BCUT2D eigenvalue weighted by Gasteiger charge is 2.15. The molecule has 3 rings (SSSR count). The minimum Gasteiger partial charge on any atom is -0.362 e. The minimum absolute atomic E-state index is 0. The van der Waals surface area contributed by atoms with Gasteiger partial charge in [0.15, 0.2) is 5.17 Å². The Morgan fingerprint density at radius 3 is 2.62 bits per heavy atom. The summed E-state index contributed by atoms with van der Waals surface area (Å²) in [4.78, 5) is 12.1. The predicted octanol–water partition coefficient (Wildman–Crippen LogP) is 5.58. The number of nitrogens with one attached hydrogen (secondary N) is 2. The highest BCUT2D eigenvalue weighted by Crippen LogP contribution is 2.19. The lowest BCUT2D eigenvalue weighted by atomic mass is 9.96. The Morgan fingerprint density at radius 1 is 1.21 bits per heavy atom. The number of aryl methyl sites for hydroxylation is 1. The van der Waals surface area contributed by atoms with E-state index in [1.807, 2.05) is 42.2 Å². The summed E-state index contributed by atoms with van der Waals surface area (Å²) in [5, 5.41) is 13.7. The molecule has 1 saturated carbocycles. The summed E-state index contributed by atoms with van der Waals surface area (Å²) in [5.74, 6) is 1.03. The summed E-state index contributed by atoms with van der Waals surface area (Å²) < 4.78 is 0. The van der Waals surface area contributed by atoms with E-state index in [2.05, 4.69) is 21.4 Å². The lowest BCUT2D eigenvalue weighted by Crippen LogP contribution is -2.35. The lowest BCUT2D eigenvalue weighted by Gasteiger charge is -2.24. The van der Waals surface area contributed by atoms with Crippen LogP contribution in [-0.4, -0.2) is 26.9 Å². The van der Waals surface area contributed by atoms with E-state index in [1.165, 1.54) is 37.8 Å². The van der Waals surface area contributed by atoms with Crippen LogP contribution in [0.2, 0.25) is 0 Å². The smallest absolute Gasteiger partial charge is 0.157 e. The number of thioether (sulfide) groups is 1.